The summed E-state index contributed by atoms with van der Waals surface area (Å²) in [7, 11) is 0.594. The Hall–Kier alpha value is -2.92. The second-order valence-corrected chi connectivity index (χ2v) is 5.12. The standard InChI is InChI=1S/C18H12BN2O2/c22-19-23-18-20-16-11-4-3-9-15(16)17(21-18)14-10-5-7-12-6-1-2-8-13(12)14/h1-11,22H. The molecule has 0 saturated carbocycles. The van der Waals surface area contributed by atoms with Crippen LogP contribution in [0.4, 0.5) is 0 Å². The van der Waals surface area contributed by atoms with Gasteiger partial charge in [-0.3, -0.25) is 0 Å². The van der Waals surface area contributed by atoms with Crippen LogP contribution in [0.25, 0.3) is 32.9 Å². The van der Waals surface area contributed by atoms with Crippen molar-refractivity contribution in [3.05, 3.63) is 66.7 Å². The van der Waals surface area contributed by atoms with Crippen LogP contribution < -0.4 is 4.65 Å². The normalized spacial score (nSPS) is 10.8. The zero-order valence-electron chi connectivity index (χ0n) is 12.2. The van der Waals surface area contributed by atoms with E-state index in [0.717, 1.165) is 32.9 Å². The van der Waals surface area contributed by atoms with Gasteiger partial charge in [-0.2, -0.15) is 9.97 Å². The molecule has 5 heteroatoms. The molecule has 0 aliphatic rings. The van der Waals surface area contributed by atoms with Crippen LogP contribution in [0.5, 0.6) is 6.01 Å². The molecule has 1 aromatic heterocycles. The van der Waals surface area contributed by atoms with Gasteiger partial charge in [0.25, 0.3) is 0 Å². The molecule has 0 aliphatic heterocycles. The minimum atomic E-state index is 0.120. The first-order chi connectivity index (χ1) is 11.4. The average Bonchev–Trinajstić information content (AvgIpc) is 2.61. The molecule has 4 aromatic rings. The molecule has 0 spiro atoms. The second-order valence-electron chi connectivity index (χ2n) is 5.12. The maximum Gasteiger partial charge on any atom is 0.571 e. The summed E-state index contributed by atoms with van der Waals surface area (Å²) in [6, 6.07) is 22.1. The average molecular weight is 299 g/mol. The van der Waals surface area contributed by atoms with Crippen molar-refractivity contribution in [2.45, 2.75) is 0 Å². The topological polar surface area (TPSA) is 55.2 Å². The van der Waals surface area contributed by atoms with Crippen LogP contribution in [0.1, 0.15) is 0 Å². The molecule has 0 aliphatic carbocycles. The van der Waals surface area contributed by atoms with E-state index in [9.17, 15) is 0 Å². The van der Waals surface area contributed by atoms with E-state index in [1.807, 2.05) is 48.5 Å². The van der Waals surface area contributed by atoms with E-state index in [4.69, 9.17) is 9.68 Å². The van der Waals surface area contributed by atoms with E-state index in [0.29, 0.717) is 7.69 Å². The molecule has 4 rings (SSSR count). The van der Waals surface area contributed by atoms with Crippen molar-refractivity contribution in [3.63, 3.8) is 0 Å². The Labute approximate surface area is 133 Å². The van der Waals surface area contributed by atoms with Crippen molar-refractivity contribution >= 4 is 29.4 Å². The van der Waals surface area contributed by atoms with Gasteiger partial charge in [0.2, 0.25) is 0 Å². The van der Waals surface area contributed by atoms with Gasteiger partial charge in [-0.15, -0.1) is 0 Å². The van der Waals surface area contributed by atoms with Crippen molar-refractivity contribution in [1.82, 2.24) is 9.97 Å². The van der Waals surface area contributed by atoms with Crippen LogP contribution >= 0.6 is 0 Å². The Morgan fingerprint density at radius 3 is 2.39 bits per heavy atom. The molecule has 109 valence electrons. The molecule has 23 heavy (non-hydrogen) atoms. The fraction of sp³-hybridized carbons (Fsp3) is 0. The Kier molecular flexibility index (Phi) is 3.40. The van der Waals surface area contributed by atoms with Gasteiger partial charge >= 0.3 is 13.7 Å². The number of hydrogen-bond donors (Lipinski definition) is 1. The summed E-state index contributed by atoms with van der Waals surface area (Å²) in [5.41, 5.74) is 2.55. The smallest absolute Gasteiger partial charge is 0.509 e. The summed E-state index contributed by atoms with van der Waals surface area (Å²) >= 11 is 0. The monoisotopic (exact) mass is 299 g/mol. The summed E-state index contributed by atoms with van der Waals surface area (Å²) in [4.78, 5) is 8.79. The third-order valence-corrected chi connectivity index (χ3v) is 3.79. The SMILES string of the molecule is O[B]Oc1nc(-c2cccc3ccccc23)c2ccccc2n1. The zero-order valence-corrected chi connectivity index (χ0v) is 12.2. The number of rotatable bonds is 3. The molecule has 1 N–H and O–H groups in total. The predicted molar refractivity (Wildman–Crippen MR) is 91.1 cm³/mol. The highest BCUT2D eigenvalue weighted by Gasteiger charge is 2.12. The van der Waals surface area contributed by atoms with Gasteiger partial charge < -0.3 is 9.68 Å². The minimum Gasteiger partial charge on any atom is -0.509 e. The second kappa shape index (κ2) is 5.70. The van der Waals surface area contributed by atoms with Crippen LogP contribution in [0.3, 0.4) is 0 Å². The minimum absolute atomic E-state index is 0.120. The maximum atomic E-state index is 8.90. The lowest BCUT2D eigenvalue weighted by Crippen LogP contribution is -2.05. The highest BCUT2D eigenvalue weighted by Crippen LogP contribution is 2.32. The summed E-state index contributed by atoms with van der Waals surface area (Å²) in [5.74, 6) is 0. The number of benzene rings is 3. The van der Waals surface area contributed by atoms with Crippen molar-refractivity contribution in [2.75, 3.05) is 0 Å². The summed E-state index contributed by atoms with van der Waals surface area (Å²) in [5, 5.41) is 12.1. The van der Waals surface area contributed by atoms with Gasteiger partial charge in [0.05, 0.1) is 11.2 Å². The highest BCUT2D eigenvalue weighted by molar-refractivity contribution is 6.17. The van der Waals surface area contributed by atoms with E-state index in [1.165, 1.54) is 0 Å². The molecule has 0 saturated heterocycles. The van der Waals surface area contributed by atoms with Crippen LogP contribution in [-0.2, 0) is 0 Å². The lowest BCUT2D eigenvalue weighted by Gasteiger charge is -2.11. The summed E-state index contributed by atoms with van der Waals surface area (Å²) in [6.45, 7) is 0. The Balaban J connectivity index is 2.07. The lowest BCUT2D eigenvalue weighted by atomic mass is 9.99. The molecule has 0 unspecified atom stereocenters. The molecular formula is C18H12BN2O2. The van der Waals surface area contributed by atoms with Gasteiger partial charge in [-0.05, 0) is 16.8 Å². The van der Waals surface area contributed by atoms with Crippen molar-refractivity contribution in [2.24, 2.45) is 0 Å². The molecular weight excluding hydrogens is 287 g/mol. The molecule has 0 atom stereocenters. The summed E-state index contributed by atoms with van der Waals surface area (Å²) < 4.78 is 5.00. The molecule has 1 heterocycles. The molecule has 1 radical (unpaired) electrons. The van der Waals surface area contributed by atoms with Gasteiger partial charge in [0, 0.05) is 10.9 Å². The predicted octanol–water partition coefficient (Wildman–Crippen LogP) is 3.36. The van der Waals surface area contributed by atoms with Crippen LogP contribution in [-0.4, -0.2) is 22.7 Å². The summed E-state index contributed by atoms with van der Waals surface area (Å²) in [6.07, 6.45) is 0. The first kappa shape index (κ1) is 13.7. The van der Waals surface area contributed by atoms with Gasteiger partial charge in [-0.25, -0.2) is 0 Å². The first-order valence-electron chi connectivity index (χ1n) is 7.24. The van der Waals surface area contributed by atoms with E-state index < -0.39 is 0 Å². The number of fused-ring (bicyclic) bond motifs is 2. The number of aromatic nitrogens is 2. The molecule has 0 bridgehead atoms. The van der Waals surface area contributed by atoms with Crippen molar-refractivity contribution in [3.8, 4) is 17.3 Å². The Morgan fingerprint density at radius 2 is 1.52 bits per heavy atom. The van der Waals surface area contributed by atoms with E-state index >= 15 is 0 Å². The van der Waals surface area contributed by atoms with Gasteiger partial charge in [0.15, 0.2) is 0 Å². The van der Waals surface area contributed by atoms with Crippen molar-refractivity contribution in [1.29, 1.82) is 0 Å². The fourth-order valence-electron chi connectivity index (χ4n) is 2.79. The fourth-order valence-corrected chi connectivity index (χ4v) is 2.79. The Morgan fingerprint density at radius 1 is 0.783 bits per heavy atom. The molecule has 0 fully saturated rings. The maximum absolute atomic E-state index is 8.90. The number of para-hydroxylation sites is 1. The van der Waals surface area contributed by atoms with Gasteiger partial charge in [-0.1, -0.05) is 60.7 Å². The molecule has 0 amide bonds. The third kappa shape index (κ3) is 2.41. The van der Waals surface area contributed by atoms with E-state index in [1.54, 1.807) is 0 Å². The van der Waals surface area contributed by atoms with Crippen molar-refractivity contribution < 1.29 is 9.68 Å². The van der Waals surface area contributed by atoms with Gasteiger partial charge in [0.1, 0.15) is 0 Å². The highest BCUT2D eigenvalue weighted by atomic mass is 16.5. The van der Waals surface area contributed by atoms with Crippen LogP contribution in [0, 0.1) is 0 Å². The zero-order chi connectivity index (χ0) is 15.6. The van der Waals surface area contributed by atoms with E-state index in [-0.39, 0.29) is 6.01 Å². The first-order valence-corrected chi connectivity index (χ1v) is 7.24. The van der Waals surface area contributed by atoms with Crippen LogP contribution in [0.15, 0.2) is 66.7 Å². The third-order valence-electron chi connectivity index (χ3n) is 3.79. The van der Waals surface area contributed by atoms with E-state index in [2.05, 4.69) is 28.2 Å². The largest absolute Gasteiger partial charge is 0.571 e. The number of nitrogens with zero attached hydrogens (tertiary/aromatic N) is 2. The number of hydrogen-bond acceptors (Lipinski definition) is 4. The lowest BCUT2D eigenvalue weighted by molar-refractivity contribution is 0.432. The Bertz CT molecular complexity index is 999. The molecule has 3 aromatic carbocycles. The quantitative estimate of drug-likeness (QED) is 0.589. The van der Waals surface area contributed by atoms with Crippen LogP contribution in [0.2, 0.25) is 0 Å². The molecule has 4 nitrogen and oxygen atoms in total.